The minimum absolute atomic E-state index is 0.0849. The van der Waals surface area contributed by atoms with E-state index in [2.05, 4.69) is 10.6 Å². The van der Waals surface area contributed by atoms with Gasteiger partial charge >= 0.3 is 5.97 Å². The van der Waals surface area contributed by atoms with Crippen LogP contribution in [0, 0.1) is 0 Å². The van der Waals surface area contributed by atoms with Crippen LogP contribution >= 0.6 is 23.8 Å². The summed E-state index contributed by atoms with van der Waals surface area (Å²) in [5.74, 6) is -1.24. The van der Waals surface area contributed by atoms with Crippen LogP contribution in [0.2, 0.25) is 5.02 Å². The summed E-state index contributed by atoms with van der Waals surface area (Å²) in [6, 6.07) is 15.4. The maximum absolute atomic E-state index is 12.5. The molecular weight excluding hydrogens is 450 g/mol. The number of ether oxygens (including phenoxy) is 1. The molecule has 1 heterocycles. The van der Waals surface area contributed by atoms with Crippen LogP contribution in [-0.4, -0.2) is 53.5 Å². The lowest BCUT2D eigenvalue weighted by Gasteiger charge is -2.36. The van der Waals surface area contributed by atoms with Crippen LogP contribution in [0.1, 0.15) is 28.8 Å². The lowest BCUT2D eigenvalue weighted by atomic mass is 10.1. The standard InChI is InChI=1S/C23H24ClN3O4S/c24-18-10-8-17(9-11-18)21(29)26-23(32)27-13-12-25-22(30)19(27)15-20(28)31-14-4-7-16-5-2-1-3-6-16/h1-3,5-6,8-11,19H,4,7,12-15H2,(H,25,30)(H,26,29,32). The number of rotatable bonds is 7. The van der Waals surface area contributed by atoms with E-state index in [4.69, 9.17) is 28.6 Å². The van der Waals surface area contributed by atoms with Gasteiger partial charge in [-0.3, -0.25) is 19.7 Å². The first-order valence-corrected chi connectivity index (χ1v) is 11.1. The van der Waals surface area contributed by atoms with E-state index in [0.717, 1.165) is 6.42 Å². The maximum atomic E-state index is 12.5. The predicted octanol–water partition coefficient (Wildman–Crippen LogP) is 2.72. The van der Waals surface area contributed by atoms with E-state index in [0.29, 0.717) is 30.1 Å². The van der Waals surface area contributed by atoms with Gasteiger partial charge in [0.1, 0.15) is 6.04 Å². The molecule has 2 amide bonds. The number of hydrogen-bond donors (Lipinski definition) is 2. The highest BCUT2D eigenvalue weighted by molar-refractivity contribution is 7.80. The topological polar surface area (TPSA) is 87.7 Å². The van der Waals surface area contributed by atoms with E-state index in [1.807, 2.05) is 30.3 Å². The molecule has 0 radical (unpaired) electrons. The number of benzene rings is 2. The molecule has 1 aliphatic heterocycles. The van der Waals surface area contributed by atoms with Crippen LogP contribution in [0.4, 0.5) is 0 Å². The summed E-state index contributed by atoms with van der Waals surface area (Å²) in [5.41, 5.74) is 1.55. The summed E-state index contributed by atoms with van der Waals surface area (Å²) in [6.07, 6.45) is 1.32. The highest BCUT2D eigenvalue weighted by Gasteiger charge is 2.34. The quantitative estimate of drug-likeness (QED) is 0.365. The van der Waals surface area contributed by atoms with Crippen molar-refractivity contribution in [1.82, 2.24) is 15.5 Å². The van der Waals surface area contributed by atoms with Gasteiger partial charge in [-0.15, -0.1) is 0 Å². The fourth-order valence-corrected chi connectivity index (χ4v) is 3.76. The monoisotopic (exact) mass is 473 g/mol. The molecule has 2 aromatic rings. The zero-order valence-corrected chi connectivity index (χ0v) is 19.0. The molecule has 1 atom stereocenters. The highest BCUT2D eigenvalue weighted by Crippen LogP contribution is 2.13. The zero-order chi connectivity index (χ0) is 22.9. The van der Waals surface area contributed by atoms with Crippen molar-refractivity contribution >= 4 is 46.7 Å². The van der Waals surface area contributed by atoms with E-state index in [9.17, 15) is 14.4 Å². The number of nitrogens with zero attached hydrogens (tertiary/aromatic N) is 1. The summed E-state index contributed by atoms with van der Waals surface area (Å²) in [6.45, 7) is 0.996. The number of aryl methyl sites for hydroxylation is 1. The molecule has 3 rings (SSSR count). The Morgan fingerprint density at radius 2 is 1.88 bits per heavy atom. The molecule has 32 heavy (non-hydrogen) atoms. The van der Waals surface area contributed by atoms with Crippen LogP contribution in [0.15, 0.2) is 54.6 Å². The van der Waals surface area contributed by atoms with Gasteiger partial charge in [0.2, 0.25) is 5.91 Å². The average molecular weight is 474 g/mol. The Balaban J connectivity index is 1.51. The molecule has 2 N–H and O–H groups in total. The molecule has 0 saturated carbocycles. The van der Waals surface area contributed by atoms with Gasteiger partial charge in [-0.1, -0.05) is 41.9 Å². The largest absolute Gasteiger partial charge is 0.466 e. The molecule has 2 aromatic carbocycles. The molecule has 0 spiro atoms. The second-order valence-corrected chi connectivity index (χ2v) is 8.10. The number of esters is 1. The van der Waals surface area contributed by atoms with Crippen molar-refractivity contribution in [3.05, 3.63) is 70.7 Å². The van der Waals surface area contributed by atoms with Crippen LogP contribution in [0.5, 0.6) is 0 Å². The van der Waals surface area contributed by atoms with Gasteiger partial charge in [-0.25, -0.2) is 0 Å². The Kier molecular flexibility index (Phi) is 8.58. The summed E-state index contributed by atoms with van der Waals surface area (Å²) in [7, 11) is 0. The Morgan fingerprint density at radius 1 is 1.16 bits per heavy atom. The fraction of sp³-hybridized carbons (Fsp3) is 0.304. The first kappa shape index (κ1) is 23.7. The minimum atomic E-state index is -0.844. The van der Waals surface area contributed by atoms with E-state index in [1.54, 1.807) is 29.2 Å². The van der Waals surface area contributed by atoms with Crippen molar-refractivity contribution in [3.63, 3.8) is 0 Å². The van der Waals surface area contributed by atoms with Gasteiger partial charge in [0.05, 0.1) is 13.0 Å². The predicted molar refractivity (Wildman–Crippen MR) is 125 cm³/mol. The fourth-order valence-electron chi connectivity index (χ4n) is 3.33. The molecule has 9 heteroatoms. The maximum Gasteiger partial charge on any atom is 0.308 e. The molecule has 1 aliphatic rings. The van der Waals surface area contributed by atoms with E-state index >= 15 is 0 Å². The number of carbonyl (C=O) groups excluding carboxylic acids is 3. The normalized spacial score (nSPS) is 15.6. The number of carbonyl (C=O) groups is 3. The third-order valence-electron chi connectivity index (χ3n) is 4.99. The minimum Gasteiger partial charge on any atom is -0.466 e. The van der Waals surface area contributed by atoms with Crippen molar-refractivity contribution < 1.29 is 19.1 Å². The van der Waals surface area contributed by atoms with Gasteiger partial charge in [-0.05, 0) is 54.9 Å². The van der Waals surface area contributed by atoms with E-state index in [-0.39, 0.29) is 24.0 Å². The Hall–Kier alpha value is -2.97. The molecule has 0 aromatic heterocycles. The van der Waals surface area contributed by atoms with Crippen LogP contribution < -0.4 is 10.6 Å². The van der Waals surface area contributed by atoms with Crippen molar-refractivity contribution in [1.29, 1.82) is 0 Å². The smallest absolute Gasteiger partial charge is 0.308 e. The lowest BCUT2D eigenvalue weighted by Crippen LogP contribution is -2.60. The highest BCUT2D eigenvalue weighted by atomic mass is 35.5. The van der Waals surface area contributed by atoms with Gasteiger partial charge in [-0.2, -0.15) is 0 Å². The number of hydrogen-bond acceptors (Lipinski definition) is 5. The summed E-state index contributed by atoms with van der Waals surface area (Å²) in [5, 5.41) is 5.95. The number of thiocarbonyl (C=S) groups is 1. The molecule has 1 unspecified atom stereocenters. The molecule has 168 valence electrons. The SMILES string of the molecule is O=C(CC1C(=O)NCCN1C(=S)NC(=O)c1ccc(Cl)cc1)OCCCc1ccccc1. The number of nitrogens with one attached hydrogen (secondary N) is 2. The first-order chi connectivity index (χ1) is 15.4. The Bertz CT molecular complexity index is 969. The number of amides is 2. The van der Waals surface area contributed by atoms with Gasteiger partial charge in [0.25, 0.3) is 5.91 Å². The van der Waals surface area contributed by atoms with E-state index in [1.165, 1.54) is 5.56 Å². The van der Waals surface area contributed by atoms with E-state index < -0.39 is 17.9 Å². The van der Waals surface area contributed by atoms with Gasteiger partial charge in [0, 0.05) is 23.7 Å². The molecular formula is C23H24ClN3O4S. The molecule has 7 nitrogen and oxygen atoms in total. The second-order valence-electron chi connectivity index (χ2n) is 7.28. The van der Waals surface area contributed by atoms with Crippen LogP contribution in [0.25, 0.3) is 0 Å². The first-order valence-electron chi connectivity index (χ1n) is 10.3. The van der Waals surface area contributed by atoms with Crippen LogP contribution in [0.3, 0.4) is 0 Å². The van der Waals surface area contributed by atoms with Crippen molar-refractivity contribution in [3.8, 4) is 0 Å². The number of piperazine rings is 1. The zero-order valence-electron chi connectivity index (χ0n) is 17.4. The summed E-state index contributed by atoms with van der Waals surface area (Å²) in [4.78, 5) is 38.7. The molecule has 0 bridgehead atoms. The number of halogens is 1. The third kappa shape index (κ3) is 6.77. The van der Waals surface area contributed by atoms with Crippen molar-refractivity contribution in [2.75, 3.05) is 19.7 Å². The lowest BCUT2D eigenvalue weighted by molar-refractivity contribution is -0.147. The summed E-state index contributed by atoms with van der Waals surface area (Å²) >= 11 is 11.2. The molecule has 1 fully saturated rings. The summed E-state index contributed by atoms with van der Waals surface area (Å²) < 4.78 is 5.32. The third-order valence-corrected chi connectivity index (χ3v) is 5.58. The van der Waals surface area contributed by atoms with Crippen molar-refractivity contribution in [2.45, 2.75) is 25.3 Å². The Morgan fingerprint density at radius 3 is 2.59 bits per heavy atom. The molecule has 1 saturated heterocycles. The second kappa shape index (κ2) is 11.6. The molecule has 0 aliphatic carbocycles. The average Bonchev–Trinajstić information content (AvgIpc) is 2.79. The van der Waals surface area contributed by atoms with Gasteiger partial charge < -0.3 is 15.0 Å². The van der Waals surface area contributed by atoms with Crippen LogP contribution in [-0.2, 0) is 20.7 Å². The Labute approximate surface area is 197 Å². The van der Waals surface area contributed by atoms with Crippen molar-refractivity contribution in [2.24, 2.45) is 0 Å². The van der Waals surface area contributed by atoms with Gasteiger partial charge in [0.15, 0.2) is 5.11 Å².